The van der Waals surface area contributed by atoms with Crippen molar-refractivity contribution in [2.75, 3.05) is 13.2 Å². The Morgan fingerprint density at radius 1 is 1.28 bits per heavy atom. The van der Waals surface area contributed by atoms with Crippen LogP contribution in [-0.4, -0.2) is 42.1 Å². The highest BCUT2D eigenvalue weighted by Crippen LogP contribution is 2.60. The Balaban J connectivity index is 1.19. The monoisotopic (exact) mass is 420 g/mol. The SMILES string of the molecule is N#CC1CCC(C(=O)NC23CC(NC(=O)COc4ccc(Cl)c(F)c4)(C2)C3)NC1. The average Bonchev–Trinajstić information content (AvgIpc) is 2.66. The first-order chi connectivity index (χ1) is 13.8. The van der Waals surface area contributed by atoms with Crippen molar-refractivity contribution in [3.05, 3.63) is 29.0 Å². The van der Waals surface area contributed by atoms with Gasteiger partial charge in [-0.05, 0) is 44.2 Å². The first-order valence-electron chi connectivity index (χ1n) is 9.66. The van der Waals surface area contributed by atoms with Gasteiger partial charge in [0.25, 0.3) is 5.91 Å². The van der Waals surface area contributed by atoms with Crippen molar-refractivity contribution in [2.24, 2.45) is 5.92 Å². The molecule has 1 heterocycles. The fourth-order valence-corrected chi connectivity index (χ4v) is 4.76. The van der Waals surface area contributed by atoms with E-state index in [0.717, 1.165) is 12.5 Å². The Morgan fingerprint density at radius 2 is 2.00 bits per heavy atom. The standard InChI is InChI=1S/C20H22ClFN4O3/c21-14-3-2-13(5-15(14)22)29-8-17(27)25-19-9-20(10-19,11-19)26-18(28)16-4-1-12(6-23)7-24-16/h2-3,5,12,16,24H,1,4,7-11H2,(H,25,27)(H,26,28). The molecule has 5 rings (SSSR count). The van der Waals surface area contributed by atoms with Gasteiger partial charge in [0.1, 0.15) is 11.6 Å². The Labute approximate surface area is 172 Å². The van der Waals surface area contributed by atoms with Crippen LogP contribution in [0.25, 0.3) is 0 Å². The molecule has 3 aliphatic carbocycles. The summed E-state index contributed by atoms with van der Waals surface area (Å²) in [4.78, 5) is 24.6. The summed E-state index contributed by atoms with van der Waals surface area (Å²) in [5, 5.41) is 18.1. The Morgan fingerprint density at radius 3 is 2.62 bits per heavy atom. The zero-order chi connectivity index (χ0) is 20.6. The second-order valence-corrected chi connectivity index (χ2v) is 8.76. The van der Waals surface area contributed by atoms with Crippen LogP contribution in [-0.2, 0) is 9.59 Å². The van der Waals surface area contributed by atoms with Gasteiger partial charge in [0.2, 0.25) is 5.91 Å². The Kier molecular flexibility index (Phi) is 5.13. The smallest absolute Gasteiger partial charge is 0.258 e. The molecule has 1 aromatic rings. The van der Waals surface area contributed by atoms with Gasteiger partial charge in [-0.1, -0.05) is 11.6 Å². The number of ether oxygens (including phenoxy) is 1. The van der Waals surface area contributed by atoms with Crippen LogP contribution in [0, 0.1) is 23.1 Å². The molecule has 1 aromatic carbocycles. The van der Waals surface area contributed by atoms with E-state index in [-0.39, 0.29) is 52.2 Å². The predicted molar refractivity (Wildman–Crippen MR) is 103 cm³/mol. The summed E-state index contributed by atoms with van der Waals surface area (Å²) in [5.41, 5.74) is -0.525. The third kappa shape index (κ3) is 4.02. The number of hydrogen-bond acceptors (Lipinski definition) is 5. The van der Waals surface area contributed by atoms with Crippen molar-refractivity contribution < 1.29 is 18.7 Å². The maximum absolute atomic E-state index is 13.4. The number of rotatable bonds is 6. The number of nitrogens with zero attached hydrogens (tertiary/aromatic N) is 1. The topological polar surface area (TPSA) is 103 Å². The molecule has 3 N–H and O–H groups in total. The van der Waals surface area contributed by atoms with Crippen molar-refractivity contribution >= 4 is 23.4 Å². The molecule has 1 saturated heterocycles. The lowest BCUT2D eigenvalue weighted by atomic mass is 9.44. The van der Waals surface area contributed by atoms with Gasteiger partial charge in [0.15, 0.2) is 6.61 Å². The number of halogens is 2. The molecule has 29 heavy (non-hydrogen) atoms. The molecule has 0 radical (unpaired) electrons. The van der Waals surface area contributed by atoms with Gasteiger partial charge in [-0.2, -0.15) is 5.26 Å². The quantitative estimate of drug-likeness (QED) is 0.649. The van der Waals surface area contributed by atoms with E-state index in [1.54, 1.807) is 0 Å². The fraction of sp³-hybridized carbons (Fsp3) is 0.550. The van der Waals surface area contributed by atoms with E-state index in [0.29, 0.717) is 32.2 Å². The molecule has 154 valence electrons. The maximum atomic E-state index is 13.4. The Bertz CT molecular complexity index is 859. The second kappa shape index (κ2) is 7.47. The van der Waals surface area contributed by atoms with Crippen LogP contribution >= 0.6 is 11.6 Å². The van der Waals surface area contributed by atoms with E-state index < -0.39 is 5.82 Å². The average molecular weight is 421 g/mol. The number of benzene rings is 1. The molecular formula is C20H22ClFN4O3. The minimum absolute atomic E-state index is 0.00341. The fourth-order valence-electron chi connectivity index (χ4n) is 4.64. The van der Waals surface area contributed by atoms with Crippen molar-refractivity contribution in [1.82, 2.24) is 16.0 Å². The van der Waals surface area contributed by atoms with Gasteiger partial charge >= 0.3 is 0 Å². The van der Waals surface area contributed by atoms with Crippen LogP contribution in [0.3, 0.4) is 0 Å². The van der Waals surface area contributed by atoms with Crippen LogP contribution in [0.4, 0.5) is 4.39 Å². The molecule has 2 unspecified atom stereocenters. The van der Waals surface area contributed by atoms with E-state index in [9.17, 15) is 14.0 Å². The lowest BCUT2D eigenvalue weighted by Crippen LogP contribution is -2.84. The second-order valence-electron chi connectivity index (χ2n) is 8.36. The number of nitrogens with one attached hydrogen (secondary N) is 3. The summed E-state index contributed by atoms with van der Waals surface area (Å²) in [6, 6.07) is 5.98. The van der Waals surface area contributed by atoms with E-state index in [2.05, 4.69) is 22.0 Å². The summed E-state index contributed by atoms with van der Waals surface area (Å²) in [7, 11) is 0. The summed E-state index contributed by atoms with van der Waals surface area (Å²) in [5.74, 6) is -0.705. The predicted octanol–water partition coefficient (Wildman–Crippen LogP) is 1.66. The first-order valence-corrected chi connectivity index (χ1v) is 10.0. The number of carbonyl (C=O) groups excluding carboxylic acids is 2. The number of hydrogen-bond donors (Lipinski definition) is 3. The lowest BCUT2D eigenvalue weighted by molar-refractivity contribution is -0.151. The molecule has 7 nitrogen and oxygen atoms in total. The van der Waals surface area contributed by atoms with E-state index >= 15 is 0 Å². The summed E-state index contributed by atoms with van der Waals surface area (Å²) in [6.07, 6.45) is 3.47. The van der Waals surface area contributed by atoms with Crippen LogP contribution in [0.15, 0.2) is 18.2 Å². The molecule has 4 fully saturated rings. The first kappa shape index (κ1) is 19.9. The number of nitriles is 1. The summed E-state index contributed by atoms with van der Waals surface area (Å²) >= 11 is 5.62. The highest BCUT2D eigenvalue weighted by Gasteiger charge is 2.69. The highest BCUT2D eigenvalue weighted by molar-refractivity contribution is 6.30. The lowest BCUT2D eigenvalue weighted by Gasteiger charge is -2.70. The highest BCUT2D eigenvalue weighted by atomic mass is 35.5. The zero-order valence-electron chi connectivity index (χ0n) is 15.8. The molecular weight excluding hydrogens is 399 g/mol. The third-order valence-electron chi connectivity index (χ3n) is 6.00. The number of piperidine rings is 1. The van der Waals surface area contributed by atoms with Crippen molar-refractivity contribution in [1.29, 1.82) is 5.26 Å². The summed E-state index contributed by atoms with van der Waals surface area (Å²) in [6.45, 7) is 0.327. The molecule has 0 aromatic heterocycles. The largest absolute Gasteiger partial charge is 0.484 e. The molecule has 2 atom stereocenters. The van der Waals surface area contributed by atoms with Crippen molar-refractivity contribution in [3.8, 4) is 11.8 Å². The third-order valence-corrected chi connectivity index (χ3v) is 6.30. The van der Waals surface area contributed by atoms with Crippen molar-refractivity contribution in [3.63, 3.8) is 0 Å². The van der Waals surface area contributed by atoms with Gasteiger partial charge in [0.05, 0.1) is 23.1 Å². The maximum Gasteiger partial charge on any atom is 0.258 e. The van der Waals surface area contributed by atoms with Gasteiger partial charge in [-0.15, -0.1) is 0 Å². The minimum atomic E-state index is -0.600. The zero-order valence-corrected chi connectivity index (χ0v) is 16.5. The Hall–Kier alpha value is -2.37. The molecule has 9 heteroatoms. The normalized spacial score (nSPS) is 32.2. The van der Waals surface area contributed by atoms with E-state index in [4.69, 9.17) is 21.6 Å². The van der Waals surface area contributed by atoms with E-state index in [1.165, 1.54) is 12.1 Å². The van der Waals surface area contributed by atoms with Crippen LogP contribution < -0.4 is 20.7 Å². The molecule has 1 aliphatic heterocycles. The van der Waals surface area contributed by atoms with Crippen molar-refractivity contribution in [2.45, 2.75) is 49.2 Å². The minimum Gasteiger partial charge on any atom is -0.484 e. The summed E-state index contributed by atoms with van der Waals surface area (Å²) < 4.78 is 18.7. The number of carbonyl (C=O) groups is 2. The van der Waals surface area contributed by atoms with Crippen LogP contribution in [0.5, 0.6) is 5.75 Å². The number of amides is 2. The molecule has 2 amide bonds. The van der Waals surface area contributed by atoms with Gasteiger partial charge < -0.3 is 20.7 Å². The van der Waals surface area contributed by atoms with Crippen LogP contribution in [0.2, 0.25) is 5.02 Å². The van der Waals surface area contributed by atoms with Gasteiger partial charge in [-0.3, -0.25) is 9.59 Å². The van der Waals surface area contributed by atoms with Gasteiger partial charge in [-0.25, -0.2) is 4.39 Å². The molecule has 3 saturated carbocycles. The van der Waals surface area contributed by atoms with E-state index in [1.807, 2.05) is 0 Å². The molecule has 0 spiro atoms. The van der Waals surface area contributed by atoms with Crippen LogP contribution in [0.1, 0.15) is 32.1 Å². The molecule has 4 aliphatic rings. The molecule has 2 bridgehead atoms. The van der Waals surface area contributed by atoms with Gasteiger partial charge in [0, 0.05) is 23.7 Å².